The van der Waals surface area contributed by atoms with Gasteiger partial charge in [-0.05, 0) is 45.4 Å². The van der Waals surface area contributed by atoms with Crippen LogP contribution in [0, 0.1) is 17.8 Å². The monoisotopic (exact) mass is 562 g/mol. The Morgan fingerprint density at radius 2 is 1.85 bits per heavy atom. The van der Waals surface area contributed by atoms with E-state index in [0.717, 1.165) is 24.8 Å². The van der Waals surface area contributed by atoms with Crippen LogP contribution in [0.1, 0.15) is 45.4 Å². The molecule has 5 atom stereocenters. The third kappa shape index (κ3) is 6.21. The van der Waals surface area contributed by atoms with E-state index >= 15 is 0 Å². The van der Waals surface area contributed by atoms with Crippen molar-refractivity contribution in [1.29, 1.82) is 0 Å². The minimum absolute atomic E-state index is 0.0911. The number of rotatable bonds is 6. The molecule has 218 valence electrons. The first-order valence-electron chi connectivity index (χ1n) is 14.4. The van der Waals surface area contributed by atoms with E-state index < -0.39 is 29.4 Å². The number of fused-ring (bicyclic) bond motifs is 2. The minimum Gasteiger partial charge on any atom is -0.481 e. The number of esters is 1. The fourth-order valence-corrected chi connectivity index (χ4v) is 5.89. The smallest absolute Gasteiger partial charge is 0.332 e. The van der Waals surface area contributed by atoms with Gasteiger partial charge in [-0.2, -0.15) is 9.97 Å². The zero-order chi connectivity index (χ0) is 29.0. The van der Waals surface area contributed by atoms with Gasteiger partial charge >= 0.3 is 5.97 Å². The molecule has 2 heterocycles. The standard InChI is InChI=1S/C31H38N4O6/c1-4-40-30(38)31-19-21(31)14-10-5-6-11-15-35(2)29(37)24-17-22(16-23(24)28(36)34-31)41-26-18-25(39-3)32-27(33-26)20-12-8-7-9-13-20/h7-10,12-14,18,21-24H,4-6,11,15-17,19H2,1-3H3,(H,34,36)/b14-10-/t21-,22-,23-,24-,31-/m1/s1. The van der Waals surface area contributed by atoms with Gasteiger partial charge < -0.3 is 24.4 Å². The lowest BCUT2D eigenvalue weighted by atomic mass is 9.93. The van der Waals surface area contributed by atoms with Crippen LogP contribution in [-0.4, -0.2) is 71.6 Å². The normalized spacial score (nSPS) is 28.9. The first-order valence-corrected chi connectivity index (χ1v) is 14.4. The van der Waals surface area contributed by atoms with Crippen LogP contribution in [0.15, 0.2) is 48.6 Å². The van der Waals surface area contributed by atoms with Gasteiger partial charge in [-0.1, -0.05) is 42.5 Å². The van der Waals surface area contributed by atoms with E-state index in [1.807, 2.05) is 36.4 Å². The van der Waals surface area contributed by atoms with Crippen molar-refractivity contribution >= 4 is 17.8 Å². The fraction of sp³-hybridized carbons (Fsp3) is 0.516. The van der Waals surface area contributed by atoms with E-state index in [0.29, 0.717) is 43.4 Å². The highest BCUT2D eigenvalue weighted by Gasteiger charge is 2.62. The second kappa shape index (κ2) is 12.3. The molecule has 2 amide bonds. The third-order valence-corrected chi connectivity index (χ3v) is 8.24. The van der Waals surface area contributed by atoms with Crippen molar-refractivity contribution in [3.63, 3.8) is 0 Å². The molecule has 2 aliphatic carbocycles. The van der Waals surface area contributed by atoms with E-state index in [1.165, 1.54) is 7.11 Å². The summed E-state index contributed by atoms with van der Waals surface area (Å²) in [5.41, 5.74) is -0.277. The average molecular weight is 563 g/mol. The maximum absolute atomic E-state index is 13.8. The molecule has 1 N–H and O–H groups in total. The van der Waals surface area contributed by atoms with Gasteiger partial charge in [0, 0.05) is 25.1 Å². The van der Waals surface area contributed by atoms with Crippen LogP contribution in [0.2, 0.25) is 0 Å². The Morgan fingerprint density at radius 3 is 2.61 bits per heavy atom. The topological polar surface area (TPSA) is 120 Å². The molecule has 0 saturated heterocycles. The summed E-state index contributed by atoms with van der Waals surface area (Å²) in [6, 6.07) is 11.1. The third-order valence-electron chi connectivity index (χ3n) is 8.24. The number of aromatic nitrogens is 2. The van der Waals surface area contributed by atoms with Crippen LogP contribution < -0.4 is 14.8 Å². The number of benzene rings is 1. The van der Waals surface area contributed by atoms with Gasteiger partial charge in [0.2, 0.25) is 23.6 Å². The summed E-state index contributed by atoms with van der Waals surface area (Å²) in [6.07, 6.45) is 7.41. The maximum Gasteiger partial charge on any atom is 0.332 e. The molecule has 1 aromatic heterocycles. The molecule has 5 rings (SSSR count). The maximum atomic E-state index is 13.8. The van der Waals surface area contributed by atoms with Crippen molar-refractivity contribution in [3.8, 4) is 23.1 Å². The molecule has 41 heavy (non-hydrogen) atoms. The summed E-state index contributed by atoms with van der Waals surface area (Å²) in [7, 11) is 3.31. The van der Waals surface area contributed by atoms with Crippen LogP contribution in [0.4, 0.5) is 0 Å². The van der Waals surface area contributed by atoms with Gasteiger partial charge in [-0.25, -0.2) is 4.79 Å². The molecule has 3 aliphatic rings. The summed E-state index contributed by atoms with van der Waals surface area (Å²) < 4.78 is 17.0. The van der Waals surface area contributed by atoms with Crippen molar-refractivity contribution in [2.45, 2.75) is 57.1 Å². The van der Waals surface area contributed by atoms with Gasteiger partial charge in [0.25, 0.3) is 0 Å². The molecule has 10 heteroatoms. The first kappa shape index (κ1) is 28.6. The Labute approximate surface area is 240 Å². The number of ether oxygens (including phenoxy) is 3. The van der Waals surface area contributed by atoms with Crippen LogP contribution in [0.25, 0.3) is 11.4 Å². The van der Waals surface area contributed by atoms with Crippen molar-refractivity contribution in [2.24, 2.45) is 17.8 Å². The molecule has 1 aromatic carbocycles. The van der Waals surface area contributed by atoms with Crippen molar-refractivity contribution in [3.05, 3.63) is 48.6 Å². The lowest BCUT2D eigenvalue weighted by molar-refractivity contribution is -0.150. The van der Waals surface area contributed by atoms with Gasteiger partial charge in [0.1, 0.15) is 11.6 Å². The van der Waals surface area contributed by atoms with Crippen LogP contribution in [0.3, 0.4) is 0 Å². The Balaban J connectivity index is 1.40. The van der Waals surface area contributed by atoms with Crippen LogP contribution in [0.5, 0.6) is 11.8 Å². The van der Waals surface area contributed by atoms with Gasteiger partial charge in [0.15, 0.2) is 5.82 Å². The number of amides is 2. The Morgan fingerprint density at radius 1 is 1.10 bits per heavy atom. The average Bonchev–Trinajstić information content (AvgIpc) is 3.51. The Bertz CT molecular complexity index is 1300. The highest BCUT2D eigenvalue weighted by atomic mass is 16.5. The largest absolute Gasteiger partial charge is 0.481 e. The first-order chi connectivity index (χ1) is 19.8. The molecule has 0 spiro atoms. The zero-order valence-electron chi connectivity index (χ0n) is 23.9. The van der Waals surface area contributed by atoms with Crippen LogP contribution in [-0.2, 0) is 19.1 Å². The highest BCUT2D eigenvalue weighted by molar-refractivity contribution is 5.95. The molecule has 0 bridgehead atoms. The van der Waals surface area contributed by atoms with Crippen molar-refractivity contribution in [2.75, 3.05) is 27.3 Å². The number of hydrogen-bond donors (Lipinski definition) is 1. The molecule has 10 nitrogen and oxygen atoms in total. The Hall–Kier alpha value is -3.95. The molecular weight excluding hydrogens is 524 g/mol. The SMILES string of the molecule is CCOC(=O)[C@@]12C[C@H]1/C=C\CCCCN(C)C(=O)[C@@H]1C[C@H](Oc3cc(OC)nc(-c4ccccc4)n3)C[C@H]1C(=O)N2. The van der Waals surface area contributed by atoms with E-state index in [2.05, 4.69) is 21.4 Å². The minimum atomic E-state index is -1.09. The van der Waals surface area contributed by atoms with E-state index in [-0.39, 0.29) is 24.3 Å². The number of hydrogen-bond acceptors (Lipinski definition) is 8. The Kier molecular flexibility index (Phi) is 8.56. The summed E-state index contributed by atoms with van der Waals surface area (Å²) in [4.78, 5) is 51.1. The number of nitrogens with one attached hydrogen (secondary N) is 1. The summed E-state index contributed by atoms with van der Waals surface area (Å²) >= 11 is 0. The van der Waals surface area contributed by atoms with E-state index in [9.17, 15) is 14.4 Å². The molecular formula is C31H38N4O6. The van der Waals surface area contributed by atoms with Gasteiger partial charge in [-0.15, -0.1) is 0 Å². The molecule has 0 unspecified atom stereocenters. The lowest BCUT2D eigenvalue weighted by Crippen LogP contribution is -2.50. The molecule has 1 aliphatic heterocycles. The van der Waals surface area contributed by atoms with Crippen molar-refractivity contribution < 1.29 is 28.6 Å². The summed E-state index contributed by atoms with van der Waals surface area (Å²) in [5, 5.41) is 3.01. The molecule has 2 fully saturated rings. The second-order valence-corrected chi connectivity index (χ2v) is 11.0. The quantitative estimate of drug-likeness (QED) is 0.419. The number of allylic oxidation sites excluding steroid dienone is 1. The van der Waals surface area contributed by atoms with Crippen molar-refractivity contribution in [1.82, 2.24) is 20.2 Å². The van der Waals surface area contributed by atoms with Gasteiger partial charge in [0.05, 0.1) is 31.6 Å². The fourth-order valence-electron chi connectivity index (χ4n) is 5.89. The van der Waals surface area contributed by atoms with E-state index in [4.69, 9.17) is 14.2 Å². The summed E-state index contributed by atoms with van der Waals surface area (Å²) in [5.74, 6) is -1.10. The molecule has 0 radical (unpaired) electrons. The highest BCUT2D eigenvalue weighted by Crippen LogP contribution is 2.47. The predicted molar refractivity (Wildman–Crippen MR) is 151 cm³/mol. The number of nitrogens with zero attached hydrogens (tertiary/aromatic N) is 3. The number of carbonyl (C=O) groups is 3. The number of carbonyl (C=O) groups excluding carboxylic acids is 3. The number of methoxy groups -OCH3 is 1. The lowest BCUT2D eigenvalue weighted by Gasteiger charge is -2.26. The summed E-state index contributed by atoms with van der Waals surface area (Å²) in [6.45, 7) is 2.59. The molecule has 2 aromatic rings. The van der Waals surface area contributed by atoms with Crippen LogP contribution >= 0.6 is 0 Å². The van der Waals surface area contributed by atoms with E-state index in [1.54, 1.807) is 24.9 Å². The molecule has 2 saturated carbocycles. The van der Waals surface area contributed by atoms with Gasteiger partial charge in [-0.3, -0.25) is 9.59 Å². The predicted octanol–water partition coefficient (Wildman–Crippen LogP) is 3.56. The zero-order valence-corrected chi connectivity index (χ0v) is 23.9. The second-order valence-electron chi connectivity index (χ2n) is 11.0.